The molecular formula is C14H8ClN3. The summed E-state index contributed by atoms with van der Waals surface area (Å²) >= 11 is 6.03. The number of aromatic nitrogens is 3. The number of rotatable bonds is 0. The molecule has 0 unspecified atom stereocenters. The minimum atomic E-state index is 0.690. The highest BCUT2D eigenvalue weighted by Gasteiger charge is 2.07. The number of pyridine rings is 2. The van der Waals surface area contributed by atoms with Gasteiger partial charge in [-0.05, 0) is 24.3 Å². The summed E-state index contributed by atoms with van der Waals surface area (Å²) in [6, 6.07) is 13.8. The molecule has 1 aromatic carbocycles. The molecule has 0 atom stereocenters. The summed E-state index contributed by atoms with van der Waals surface area (Å²) in [5, 5.41) is 1.79. The first kappa shape index (κ1) is 9.85. The first-order chi connectivity index (χ1) is 8.81. The van der Waals surface area contributed by atoms with Gasteiger partial charge in [0.15, 0.2) is 5.65 Å². The van der Waals surface area contributed by atoms with Gasteiger partial charge in [0.1, 0.15) is 5.65 Å². The van der Waals surface area contributed by atoms with E-state index in [0.717, 1.165) is 27.7 Å². The van der Waals surface area contributed by atoms with Crippen molar-refractivity contribution in [3.63, 3.8) is 0 Å². The Morgan fingerprint density at radius 2 is 1.89 bits per heavy atom. The van der Waals surface area contributed by atoms with Gasteiger partial charge < -0.3 is 0 Å². The second-order valence-electron chi connectivity index (χ2n) is 4.21. The molecule has 4 aromatic rings. The molecule has 0 amide bonds. The van der Waals surface area contributed by atoms with Crippen molar-refractivity contribution >= 4 is 39.3 Å². The quantitative estimate of drug-likeness (QED) is 0.478. The van der Waals surface area contributed by atoms with Crippen LogP contribution in [0.2, 0.25) is 5.02 Å². The van der Waals surface area contributed by atoms with Crippen molar-refractivity contribution in [3.05, 3.63) is 53.7 Å². The van der Waals surface area contributed by atoms with Crippen LogP contribution in [0.4, 0.5) is 0 Å². The van der Waals surface area contributed by atoms with Crippen LogP contribution in [-0.4, -0.2) is 14.4 Å². The maximum Gasteiger partial charge on any atom is 0.179 e. The monoisotopic (exact) mass is 253 g/mol. The lowest BCUT2D eigenvalue weighted by Crippen LogP contribution is -1.84. The summed E-state index contributed by atoms with van der Waals surface area (Å²) in [7, 11) is 0. The Morgan fingerprint density at radius 1 is 1.00 bits per heavy atom. The van der Waals surface area contributed by atoms with Crippen LogP contribution in [0.3, 0.4) is 0 Å². The number of para-hydroxylation sites is 1. The van der Waals surface area contributed by atoms with E-state index in [0.29, 0.717) is 5.02 Å². The second kappa shape index (κ2) is 3.43. The third-order valence-corrected chi connectivity index (χ3v) is 3.28. The van der Waals surface area contributed by atoms with E-state index in [4.69, 9.17) is 11.6 Å². The number of fused-ring (bicyclic) bond motifs is 4. The van der Waals surface area contributed by atoms with Gasteiger partial charge in [0.05, 0.1) is 16.1 Å². The van der Waals surface area contributed by atoms with Crippen molar-refractivity contribution in [1.82, 2.24) is 14.4 Å². The van der Waals surface area contributed by atoms with Crippen LogP contribution in [0.5, 0.6) is 0 Å². The summed E-state index contributed by atoms with van der Waals surface area (Å²) < 4.78 is 1.97. The van der Waals surface area contributed by atoms with Gasteiger partial charge in [-0.2, -0.15) is 0 Å². The number of halogens is 1. The van der Waals surface area contributed by atoms with Gasteiger partial charge in [-0.25, -0.2) is 9.97 Å². The number of hydrogen-bond donors (Lipinski definition) is 0. The van der Waals surface area contributed by atoms with Gasteiger partial charge in [-0.1, -0.05) is 29.8 Å². The maximum absolute atomic E-state index is 6.03. The standard InChI is InChI=1S/C14H8ClN3/c15-10-5-6-13-17-14-12(18(13)8-10)7-9-3-1-2-4-11(9)16-14/h1-8H. The summed E-state index contributed by atoms with van der Waals surface area (Å²) in [5.74, 6) is 0. The number of benzene rings is 1. The van der Waals surface area contributed by atoms with Crippen LogP contribution in [0.1, 0.15) is 0 Å². The van der Waals surface area contributed by atoms with E-state index in [1.807, 2.05) is 47.0 Å². The average molecular weight is 254 g/mol. The number of imidazole rings is 1. The van der Waals surface area contributed by atoms with Gasteiger partial charge in [-0.15, -0.1) is 0 Å². The third-order valence-electron chi connectivity index (χ3n) is 3.06. The maximum atomic E-state index is 6.03. The molecule has 0 radical (unpaired) electrons. The van der Waals surface area contributed by atoms with E-state index < -0.39 is 0 Å². The van der Waals surface area contributed by atoms with Crippen LogP contribution in [0, 0.1) is 0 Å². The van der Waals surface area contributed by atoms with Crippen molar-refractivity contribution in [3.8, 4) is 0 Å². The molecule has 0 fully saturated rings. The molecule has 0 saturated carbocycles. The number of nitrogens with zero attached hydrogens (tertiary/aromatic N) is 3. The Labute approximate surface area is 108 Å². The lowest BCUT2D eigenvalue weighted by atomic mass is 10.2. The van der Waals surface area contributed by atoms with Crippen molar-refractivity contribution in [2.24, 2.45) is 0 Å². The zero-order chi connectivity index (χ0) is 12.1. The molecule has 0 aliphatic heterocycles. The van der Waals surface area contributed by atoms with Crippen LogP contribution < -0.4 is 0 Å². The molecule has 4 heteroatoms. The highest BCUT2D eigenvalue weighted by molar-refractivity contribution is 6.30. The molecule has 3 nitrogen and oxygen atoms in total. The van der Waals surface area contributed by atoms with E-state index in [9.17, 15) is 0 Å². The van der Waals surface area contributed by atoms with E-state index in [1.165, 1.54) is 0 Å². The lowest BCUT2D eigenvalue weighted by molar-refractivity contribution is 1.23. The smallest absolute Gasteiger partial charge is 0.179 e. The normalized spacial score (nSPS) is 11.6. The zero-order valence-electron chi connectivity index (χ0n) is 9.34. The molecule has 0 saturated heterocycles. The molecular weight excluding hydrogens is 246 g/mol. The highest BCUT2D eigenvalue weighted by atomic mass is 35.5. The number of hydrogen-bond acceptors (Lipinski definition) is 2. The third kappa shape index (κ3) is 1.31. The Kier molecular flexibility index (Phi) is 1.88. The molecule has 0 N–H and O–H groups in total. The first-order valence-corrected chi connectivity index (χ1v) is 6.02. The van der Waals surface area contributed by atoms with E-state index in [-0.39, 0.29) is 0 Å². The summed E-state index contributed by atoms with van der Waals surface area (Å²) in [5.41, 5.74) is 3.54. The summed E-state index contributed by atoms with van der Waals surface area (Å²) in [4.78, 5) is 9.07. The molecule has 3 heterocycles. The molecule has 0 aliphatic rings. The molecule has 0 bridgehead atoms. The second-order valence-corrected chi connectivity index (χ2v) is 4.65. The topological polar surface area (TPSA) is 30.2 Å². The fourth-order valence-corrected chi connectivity index (χ4v) is 2.37. The Balaban J connectivity index is 2.25. The minimum Gasteiger partial charge on any atom is -0.297 e. The molecule has 18 heavy (non-hydrogen) atoms. The van der Waals surface area contributed by atoms with Gasteiger partial charge in [-0.3, -0.25) is 4.40 Å². The summed E-state index contributed by atoms with van der Waals surface area (Å²) in [6.07, 6.45) is 1.86. The molecule has 4 rings (SSSR count). The molecule has 0 spiro atoms. The summed E-state index contributed by atoms with van der Waals surface area (Å²) in [6.45, 7) is 0. The fraction of sp³-hybridized carbons (Fsp3) is 0. The predicted molar refractivity (Wildman–Crippen MR) is 73.0 cm³/mol. The predicted octanol–water partition coefficient (Wildman–Crippen LogP) is 3.69. The fourth-order valence-electron chi connectivity index (χ4n) is 2.21. The van der Waals surface area contributed by atoms with Gasteiger partial charge in [0.25, 0.3) is 0 Å². The van der Waals surface area contributed by atoms with E-state index in [1.54, 1.807) is 0 Å². The Morgan fingerprint density at radius 3 is 2.83 bits per heavy atom. The van der Waals surface area contributed by atoms with Gasteiger partial charge in [0, 0.05) is 11.6 Å². The van der Waals surface area contributed by atoms with Crippen LogP contribution >= 0.6 is 11.6 Å². The van der Waals surface area contributed by atoms with Crippen molar-refractivity contribution in [1.29, 1.82) is 0 Å². The van der Waals surface area contributed by atoms with Crippen molar-refractivity contribution < 1.29 is 0 Å². The zero-order valence-corrected chi connectivity index (χ0v) is 10.1. The van der Waals surface area contributed by atoms with Crippen LogP contribution in [-0.2, 0) is 0 Å². The van der Waals surface area contributed by atoms with Gasteiger partial charge >= 0.3 is 0 Å². The van der Waals surface area contributed by atoms with Crippen molar-refractivity contribution in [2.75, 3.05) is 0 Å². The highest BCUT2D eigenvalue weighted by Crippen LogP contribution is 2.22. The van der Waals surface area contributed by atoms with Crippen molar-refractivity contribution in [2.45, 2.75) is 0 Å². The largest absolute Gasteiger partial charge is 0.297 e. The molecule has 0 aliphatic carbocycles. The minimum absolute atomic E-state index is 0.690. The lowest BCUT2D eigenvalue weighted by Gasteiger charge is -1.98. The van der Waals surface area contributed by atoms with Crippen LogP contribution in [0.25, 0.3) is 27.7 Å². The van der Waals surface area contributed by atoms with E-state index in [2.05, 4.69) is 16.0 Å². The SMILES string of the molecule is Clc1ccc2nc3nc4ccccc4cc3n2c1. The first-order valence-electron chi connectivity index (χ1n) is 5.64. The van der Waals surface area contributed by atoms with Crippen LogP contribution in [0.15, 0.2) is 48.7 Å². The molecule has 3 aromatic heterocycles. The Hall–Kier alpha value is -2.13. The average Bonchev–Trinajstić information content (AvgIpc) is 2.73. The Bertz CT molecular complexity index is 895. The van der Waals surface area contributed by atoms with Gasteiger partial charge in [0.2, 0.25) is 0 Å². The van der Waals surface area contributed by atoms with E-state index >= 15 is 0 Å². The molecule has 86 valence electrons.